The van der Waals surface area contributed by atoms with Gasteiger partial charge >= 0.3 is 5.97 Å². The number of carbonyl (C=O) groups excluding carboxylic acids is 2. The molecular weight excluding hydrogens is 484 g/mol. The molecule has 10 heteroatoms. The van der Waals surface area contributed by atoms with Crippen LogP contribution >= 0.6 is 23.2 Å². The summed E-state index contributed by atoms with van der Waals surface area (Å²) in [6, 6.07) is 11.9. The number of nitrogens with zero attached hydrogens (tertiary/aromatic N) is 1. The monoisotopic (exact) mass is 501 g/mol. The number of fused-ring (bicyclic) bond motifs is 1. The Morgan fingerprint density at radius 1 is 1.15 bits per heavy atom. The number of aromatic nitrogens is 2. The zero-order valence-electron chi connectivity index (χ0n) is 17.7. The van der Waals surface area contributed by atoms with Gasteiger partial charge in [-0.25, -0.2) is 14.2 Å². The summed E-state index contributed by atoms with van der Waals surface area (Å²) in [5.41, 5.74) is 1.35. The maximum Gasteiger partial charge on any atom is 0.333 e. The second kappa shape index (κ2) is 9.70. The number of carbonyl (C=O) groups is 2. The summed E-state index contributed by atoms with van der Waals surface area (Å²) in [5.74, 6) is -1.65. The van der Waals surface area contributed by atoms with Crippen LogP contribution in [0.5, 0.6) is 5.75 Å². The summed E-state index contributed by atoms with van der Waals surface area (Å²) in [6.07, 6.45) is 0. The van der Waals surface area contributed by atoms with Crippen LogP contribution in [0.4, 0.5) is 4.39 Å². The van der Waals surface area contributed by atoms with E-state index < -0.39 is 23.7 Å². The third-order valence-electron chi connectivity index (χ3n) is 5.03. The summed E-state index contributed by atoms with van der Waals surface area (Å²) < 4.78 is 19.4. The van der Waals surface area contributed by atoms with Crippen molar-refractivity contribution in [3.63, 3.8) is 0 Å². The number of rotatable bonds is 6. The molecule has 7 nitrogen and oxygen atoms in total. The van der Waals surface area contributed by atoms with Crippen molar-refractivity contribution in [1.29, 1.82) is 0 Å². The minimum Gasteiger partial charge on any atom is -0.508 e. The van der Waals surface area contributed by atoms with E-state index >= 15 is 0 Å². The van der Waals surface area contributed by atoms with Crippen molar-refractivity contribution in [2.45, 2.75) is 13.0 Å². The Morgan fingerprint density at radius 3 is 2.56 bits per heavy atom. The molecule has 0 aliphatic heterocycles. The first-order valence-electron chi connectivity index (χ1n) is 10.2. The highest BCUT2D eigenvalue weighted by Gasteiger charge is 2.25. The van der Waals surface area contributed by atoms with Crippen LogP contribution in [0.25, 0.3) is 22.4 Å². The Hall–Kier alpha value is -3.62. The number of hydrogen-bond acceptors (Lipinski definition) is 5. The molecular formula is C24H18Cl2FN3O4. The summed E-state index contributed by atoms with van der Waals surface area (Å²) in [5, 5.41) is 12.5. The van der Waals surface area contributed by atoms with Crippen LogP contribution in [0, 0.1) is 5.82 Å². The Labute approximate surface area is 203 Å². The van der Waals surface area contributed by atoms with Crippen LogP contribution in [0.2, 0.25) is 10.0 Å². The molecule has 0 aliphatic rings. The second-order valence-corrected chi connectivity index (χ2v) is 8.10. The minimum absolute atomic E-state index is 0.0138. The number of amides is 1. The maximum atomic E-state index is 14.3. The number of ether oxygens (including phenoxy) is 1. The number of imidazole rings is 1. The molecule has 0 radical (unpaired) electrons. The van der Waals surface area contributed by atoms with Crippen molar-refractivity contribution in [2.75, 3.05) is 6.61 Å². The van der Waals surface area contributed by atoms with Crippen molar-refractivity contribution in [3.8, 4) is 17.1 Å². The third-order valence-corrected chi connectivity index (χ3v) is 5.63. The van der Waals surface area contributed by atoms with Crippen LogP contribution < -0.4 is 5.32 Å². The molecule has 3 N–H and O–H groups in total. The van der Waals surface area contributed by atoms with E-state index in [1.54, 1.807) is 6.92 Å². The van der Waals surface area contributed by atoms with Gasteiger partial charge in [0.1, 0.15) is 22.9 Å². The van der Waals surface area contributed by atoms with Crippen molar-refractivity contribution in [2.24, 2.45) is 0 Å². The van der Waals surface area contributed by atoms with E-state index in [1.165, 1.54) is 54.6 Å². The first-order chi connectivity index (χ1) is 16.3. The largest absolute Gasteiger partial charge is 0.508 e. The molecule has 1 heterocycles. The van der Waals surface area contributed by atoms with Gasteiger partial charge in [0.05, 0.1) is 27.7 Å². The average molecular weight is 502 g/mol. The molecule has 1 aromatic heterocycles. The lowest BCUT2D eigenvalue weighted by Crippen LogP contribution is -2.35. The molecule has 1 amide bonds. The zero-order valence-corrected chi connectivity index (χ0v) is 19.2. The highest BCUT2D eigenvalue weighted by Crippen LogP contribution is 2.32. The number of phenolic OH excluding ortho intramolecular Hbond substituents is 1. The maximum absolute atomic E-state index is 14.3. The lowest BCUT2D eigenvalue weighted by Gasteiger charge is -2.18. The average Bonchev–Trinajstić information content (AvgIpc) is 3.22. The predicted molar refractivity (Wildman–Crippen MR) is 126 cm³/mol. The van der Waals surface area contributed by atoms with E-state index in [-0.39, 0.29) is 39.4 Å². The summed E-state index contributed by atoms with van der Waals surface area (Å²) in [7, 11) is 0. The van der Waals surface area contributed by atoms with Crippen LogP contribution in [0.1, 0.15) is 28.9 Å². The normalized spacial score (nSPS) is 11.9. The molecule has 4 rings (SSSR count). The number of H-pyrrole nitrogens is 1. The van der Waals surface area contributed by atoms with Gasteiger partial charge in [-0.15, -0.1) is 0 Å². The van der Waals surface area contributed by atoms with Crippen molar-refractivity contribution >= 4 is 46.1 Å². The fourth-order valence-corrected chi connectivity index (χ4v) is 3.95. The number of phenols is 1. The summed E-state index contributed by atoms with van der Waals surface area (Å²) >= 11 is 12.5. The lowest BCUT2D eigenvalue weighted by atomic mass is 10.1. The number of hydrogen-bond donors (Lipinski definition) is 3. The Morgan fingerprint density at radius 2 is 1.88 bits per heavy atom. The van der Waals surface area contributed by atoms with Crippen molar-refractivity contribution < 1.29 is 23.8 Å². The number of aromatic amines is 1. The van der Waals surface area contributed by atoms with E-state index in [0.29, 0.717) is 16.6 Å². The summed E-state index contributed by atoms with van der Waals surface area (Å²) in [4.78, 5) is 32.8. The summed E-state index contributed by atoms with van der Waals surface area (Å²) in [6.45, 7) is 1.77. The van der Waals surface area contributed by atoms with Gasteiger partial charge in [-0.05, 0) is 48.9 Å². The van der Waals surface area contributed by atoms with Gasteiger partial charge in [-0.1, -0.05) is 41.4 Å². The standard InChI is InChI=1S/C24H18Cl2FN3O4/c1-2-34-24(33)20(12-6-8-14(31)9-7-12)30-23(32)13-10-16(26)21-18(11-13)28-22(29-21)19-15(25)4-3-5-17(19)27/h3-11,20,31H,2H2,1H3,(H,28,29)(H,30,32). The molecule has 0 spiro atoms. The molecule has 0 bridgehead atoms. The third kappa shape index (κ3) is 4.69. The lowest BCUT2D eigenvalue weighted by molar-refractivity contribution is -0.145. The second-order valence-electron chi connectivity index (χ2n) is 7.29. The molecule has 174 valence electrons. The van der Waals surface area contributed by atoms with E-state index in [1.807, 2.05) is 0 Å². The van der Waals surface area contributed by atoms with E-state index in [0.717, 1.165) is 0 Å². The van der Waals surface area contributed by atoms with Gasteiger partial charge in [-0.3, -0.25) is 4.79 Å². The van der Waals surface area contributed by atoms with E-state index in [4.69, 9.17) is 27.9 Å². The van der Waals surface area contributed by atoms with Gasteiger partial charge in [-0.2, -0.15) is 0 Å². The molecule has 3 aromatic carbocycles. The first-order valence-corrected chi connectivity index (χ1v) is 10.9. The fourth-order valence-electron chi connectivity index (χ4n) is 3.43. The molecule has 1 atom stereocenters. The minimum atomic E-state index is -1.11. The molecule has 0 saturated carbocycles. The molecule has 0 aliphatic carbocycles. The van der Waals surface area contributed by atoms with Gasteiger partial charge in [0.2, 0.25) is 0 Å². The Bertz CT molecular complexity index is 1370. The smallest absolute Gasteiger partial charge is 0.333 e. The zero-order chi connectivity index (χ0) is 24.4. The highest BCUT2D eigenvalue weighted by molar-refractivity contribution is 6.35. The topological polar surface area (TPSA) is 104 Å². The number of nitrogens with one attached hydrogen (secondary N) is 2. The molecule has 4 aromatic rings. The van der Waals surface area contributed by atoms with Crippen LogP contribution in [0.3, 0.4) is 0 Å². The van der Waals surface area contributed by atoms with E-state index in [9.17, 15) is 19.1 Å². The quantitative estimate of drug-likeness (QED) is 0.306. The molecule has 0 saturated heterocycles. The number of aromatic hydroxyl groups is 1. The van der Waals surface area contributed by atoms with Crippen LogP contribution in [-0.4, -0.2) is 33.6 Å². The van der Waals surface area contributed by atoms with Gasteiger partial charge < -0.3 is 20.1 Å². The number of benzene rings is 3. The Kier molecular flexibility index (Phi) is 6.72. The number of halogens is 3. The van der Waals surface area contributed by atoms with Crippen molar-refractivity contribution in [1.82, 2.24) is 15.3 Å². The van der Waals surface area contributed by atoms with E-state index in [2.05, 4.69) is 15.3 Å². The van der Waals surface area contributed by atoms with Crippen LogP contribution in [0.15, 0.2) is 54.6 Å². The predicted octanol–water partition coefficient (Wildman–Crippen LogP) is 5.42. The number of esters is 1. The fraction of sp³-hybridized carbons (Fsp3) is 0.125. The molecule has 0 fully saturated rings. The molecule has 34 heavy (non-hydrogen) atoms. The van der Waals surface area contributed by atoms with Crippen LogP contribution in [-0.2, 0) is 9.53 Å². The highest BCUT2D eigenvalue weighted by atomic mass is 35.5. The molecule has 1 unspecified atom stereocenters. The van der Waals surface area contributed by atoms with Crippen molar-refractivity contribution in [3.05, 3.63) is 81.6 Å². The van der Waals surface area contributed by atoms with Gasteiger partial charge in [0.25, 0.3) is 5.91 Å². The van der Waals surface area contributed by atoms with Gasteiger partial charge in [0.15, 0.2) is 6.04 Å². The van der Waals surface area contributed by atoms with Gasteiger partial charge in [0, 0.05) is 5.56 Å². The SMILES string of the molecule is CCOC(=O)C(NC(=O)c1cc(Cl)c2nc(-c3c(F)cccc3Cl)[nH]c2c1)c1ccc(O)cc1. The first kappa shape index (κ1) is 23.5. The Balaban J connectivity index is 1.69.